The summed E-state index contributed by atoms with van der Waals surface area (Å²) >= 11 is 0. The van der Waals surface area contributed by atoms with Gasteiger partial charge in [0.2, 0.25) is 0 Å². The highest BCUT2D eigenvalue weighted by molar-refractivity contribution is 5.78. The van der Waals surface area contributed by atoms with E-state index in [0.717, 1.165) is 5.56 Å². The summed E-state index contributed by atoms with van der Waals surface area (Å²) in [6.45, 7) is 6.15. The second-order valence-corrected chi connectivity index (χ2v) is 4.91. The van der Waals surface area contributed by atoms with E-state index in [-0.39, 0.29) is 5.41 Å². The molecular weight excluding hydrogens is 204 g/mol. The summed E-state index contributed by atoms with van der Waals surface area (Å²) in [7, 11) is 0. The third-order valence-electron chi connectivity index (χ3n) is 2.55. The average Bonchev–Trinajstić information content (AvgIpc) is 2.15. The van der Waals surface area contributed by atoms with Gasteiger partial charge >= 0.3 is 5.97 Å². The van der Waals surface area contributed by atoms with Crippen molar-refractivity contribution in [3.63, 3.8) is 0 Å². The quantitative estimate of drug-likeness (QED) is 0.664. The third-order valence-corrected chi connectivity index (χ3v) is 2.55. The molecule has 0 saturated carbocycles. The third kappa shape index (κ3) is 2.52. The average molecular weight is 222 g/mol. The van der Waals surface area contributed by atoms with Gasteiger partial charge < -0.3 is 16.6 Å². The molecule has 0 bridgehead atoms. The molecule has 0 aliphatic heterocycles. The zero-order chi connectivity index (χ0) is 12.5. The molecule has 0 heterocycles. The highest BCUT2D eigenvalue weighted by Crippen LogP contribution is 2.28. The smallest absolute Gasteiger partial charge is 0.325 e. The molecule has 5 N–H and O–H groups in total. The summed E-state index contributed by atoms with van der Waals surface area (Å²) in [4.78, 5) is 10.8. The Balaban J connectivity index is 3.24. The van der Waals surface area contributed by atoms with Crippen LogP contribution in [0.3, 0.4) is 0 Å². The Morgan fingerprint density at radius 1 is 1.38 bits per heavy atom. The largest absolute Gasteiger partial charge is 0.480 e. The molecule has 0 unspecified atom stereocenters. The van der Waals surface area contributed by atoms with Crippen molar-refractivity contribution in [3.8, 4) is 0 Å². The van der Waals surface area contributed by atoms with Crippen LogP contribution in [-0.4, -0.2) is 11.1 Å². The minimum absolute atomic E-state index is 0.0549. The maximum Gasteiger partial charge on any atom is 0.325 e. The fourth-order valence-corrected chi connectivity index (χ4v) is 1.44. The van der Waals surface area contributed by atoms with E-state index < -0.39 is 12.0 Å². The molecule has 0 spiro atoms. The van der Waals surface area contributed by atoms with Crippen LogP contribution in [0.2, 0.25) is 0 Å². The van der Waals surface area contributed by atoms with Gasteiger partial charge in [-0.15, -0.1) is 0 Å². The second kappa shape index (κ2) is 4.14. The molecule has 0 saturated heterocycles. The van der Waals surface area contributed by atoms with Gasteiger partial charge in [-0.05, 0) is 17.0 Å². The van der Waals surface area contributed by atoms with Crippen LogP contribution in [0.4, 0.5) is 5.69 Å². The predicted molar refractivity (Wildman–Crippen MR) is 64.1 cm³/mol. The van der Waals surface area contributed by atoms with Gasteiger partial charge in [-0.2, -0.15) is 0 Å². The first-order chi connectivity index (χ1) is 7.23. The van der Waals surface area contributed by atoms with Gasteiger partial charge in [0.1, 0.15) is 6.04 Å². The van der Waals surface area contributed by atoms with E-state index >= 15 is 0 Å². The lowest BCUT2D eigenvalue weighted by molar-refractivity contribution is -0.138. The zero-order valence-corrected chi connectivity index (χ0v) is 9.82. The van der Waals surface area contributed by atoms with Gasteiger partial charge in [-0.25, -0.2) is 0 Å². The predicted octanol–water partition coefficient (Wildman–Crippen LogP) is 1.65. The highest BCUT2D eigenvalue weighted by atomic mass is 16.4. The molecule has 0 aliphatic rings. The van der Waals surface area contributed by atoms with E-state index in [2.05, 4.69) is 20.8 Å². The lowest BCUT2D eigenvalue weighted by Gasteiger charge is -2.21. The Morgan fingerprint density at radius 2 is 1.94 bits per heavy atom. The van der Waals surface area contributed by atoms with Crippen LogP contribution in [-0.2, 0) is 10.2 Å². The van der Waals surface area contributed by atoms with Crippen molar-refractivity contribution in [1.82, 2.24) is 0 Å². The number of anilines is 1. The van der Waals surface area contributed by atoms with E-state index in [1.54, 1.807) is 12.1 Å². The van der Waals surface area contributed by atoms with Crippen molar-refractivity contribution in [1.29, 1.82) is 0 Å². The molecule has 0 amide bonds. The van der Waals surface area contributed by atoms with E-state index in [1.165, 1.54) is 0 Å². The van der Waals surface area contributed by atoms with Crippen LogP contribution in [0.1, 0.15) is 37.9 Å². The molecule has 4 heteroatoms. The highest BCUT2D eigenvalue weighted by Gasteiger charge is 2.20. The number of hydrogen-bond donors (Lipinski definition) is 3. The van der Waals surface area contributed by atoms with E-state index in [9.17, 15) is 4.79 Å². The molecule has 1 aromatic carbocycles. The summed E-state index contributed by atoms with van der Waals surface area (Å²) in [5.74, 6) is -1.07. The van der Waals surface area contributed by atoms with Crippen LogP contribution in [0.5, 0.6) is 0 Å². The SMILES string of the molecule is CC(C)(C)c1ccc(N)c([C@H](N)C(=O)O)c1. The van der Waals surface area contributed by atoms with Crippen molar-refractivity contribution in [2.24, 2.45) is 5.73 Å². The number of nitrogen functional groups attached to an aromatic ring is 1. The first kappa shape index (κ1) is 12.5. The van der Waals surface area contributed by atoms with E-state index in [0.29, 0.717) is 11.3 Å². The number of benzene rings is 1. The van der Waals surface area contributed by atoms with Gasteiger partial charge in [0.25, 0.3) is 0 Å². The minimum atomic E-state index is -1.07. The maximum absolute atomic E-state index is 10.8. The maximum atomic E-state index is 10.8. The van der Waals surface area contributed by atoms with Gasteiger partial charge in [0.15, 0.2) is 0 Å². The van der Waals surface area contributed by atoms with Crippen LogP contribution in [0, 0.1) is 0 Å². The van der Waals surface area contributed by atoms with Gasteiger partial charge in [0.05, 0.1) is 0 Å². The van der Waals surface area contributed by atoms with Crippen LogP contribution in [0.25, 0.3) is 0 Å². The number of carboxylic acids is 1. The molecule has 0 aromatic heterocycles. The van der Waals surface area contributed by atoms with Gasteiger partial charge in [-0.1, -0.05) is 32.9 Å². The van der Waals surface area contributed by atoms with Crippen LogP contribution in [0.15, 0.2) is 18.2 Å². The zero-order valence-electron chi connectivity index (χ0n) is 9.82. The van der Waals surface area contributed by atoms with Crippen LogP contribution < -0.4 is 11.5 Å². The minimum Gasteiger partial charge on any atom is -0.480 e. The molecular formula is C12H18N2O2. The molecule has 1 aromatic rings. The van der Waals surface area contributed by atoms with Crippen molar-refractivity contribution in [3.05, 3.63) is 29.3 Å². The first-order valence-corrected chi connectivity index (χ1v) is 5.12. The Kier molecular flexibility index (Phi) is 3.24. The summed E-state index contributed by atoms with van der Waals surface area (Å²) in [5.41, 5.74) is 13.2. The number of hydrogen-bond acceptors (Lipinski definition) is 3. The number of carbonyl (C=O) groups is 1. The van der Waals surface area contributed by atoms with Gasteiger partial charge in [-0.3, -0.25) is 4.79 Å². The molecule has 1 rings (SSSR count). The number of rotatable bonds is 2. The summed E-state index contributed by atoms with van der Waals surface area (Å²) in [6.07, 6.45) is 0. The molecule has 88 valence electrons. The standard InChI is InChI=1S/C12H18N2O2/c1-12(2,3)7-4-5-9(13)8(6-7)10(14)11(15)16/h4-6,10H,13-14H2,1-3H3,(H,15,16)/t10-/m0/s1. The molecule has 16 heavy (non-hydrogen) atoms. The van der Waals surface area contributed by atoms with Crippen molar-refractivity contribution >= 4 is 11.7 Å². The molecule has 1 atom stereocenters. The molecule has 0 fully saturated rings. The fourth-order valence-electron chi connectivity index (χ4n) is 1.44. The van der Waals surface area contributed by atoms with Crippen molar-refractivity contribution < 1.29 is 9.90 Å². The normalized spacial score (nSPS) is 13.5. The first-order valence-electron chi connectivity index (χ1n) is 5.12. The Bertz CT molecular complexity index is 408. The lowest BCUT2D eigenvalue weighted by atomic mass is 9.85. The van der Waals surface area contributed by atoms with E-state index in [1.807, 2.05) is 6.07 Å². The Morgan fingerprint density at radius 3 is 2.38 bits per heavy atom. The molecule has 4 nitrogen and oxygen atoms in total. The number of aliphatic carboxylic acids is 1. The monoisotopic (exact) mass is 222 g/mol. The van der Waals surface area contributed by atoms with Gasteiger partial charge in [0, 0.05) is 11.3 Å². The summed E-state index contributed by atoms with van der Waals surface area (Å²) in [6, 6.07) is 4.31. The summed E-state index contributed by atoms with van der Waals surface area (Å²) in [5, 5.41) is 8.87. The second-order valence-electron chi connectivity index (χ2n) is 4.91. The van der Waals surface area contributed by atoms with Crippen LogP contribution >= 0.6 is 0 Å². The Labute approximate surface area is 95.3 Å². The summed E-state index contributed by atoms with van der Waals surface area (Å²) < 4.78 is 0. The topological polar surface area (TPSA) is 89.3 Å². The number of nitrogens with two attached hydrogens (primary N) is 2. The molecule has 0 aliphatic carbocycles. The fraction of sp³-hybridized carbons (Fsp3) is 0.417. The van der Waals surface area contributed by atoms with E-state index in [4.69, 9.17) is 16.6 Å². The van der Waals surface area contributed by atoms with Crippen molar-refractivity contribution in [2.75, 3.05) is 5.73 Å². The van der Waals surface area contributed by atoms with Crippen molar-refractivity contribution in [2.45, 2.75) is 32.2 Å². The number of carboxylic acid groups (broad SMARTS) is 1. The Hall–Kier alpha value is -1.55. The lowest BCUT2D eigenvalue weighted by Crippen LogP contribution is -2.23. The molecule has 0 radical (unpaired) electrons.